The molecule has 4 nitrogen and oxygen atoms in total. The minimum absolute atomic E-state index is 0.0473. The number of amides is 2. The molecule has 2 N–H and O–H groups in total. The molecule has 2 unspecified atom stereocenters. The summed E-state index contributed by atoms with van der Waals surface area (Å²) in [5, 5.41) is 6.32. The van der Waals surface area contributed by atoms with E-state index in [9.17, 15) is 18.4 Å². The lowest BCUT2D eigenvalue weighted by molar-refractivity contribution is -0.0448. The topological polar surface area (TPSA) is 58.2 Å². The second kappa shape index (κ2) is 6.89. The summed E-state index contributed by atoms with van der Waals surface area (Å²) < 4.78 is 27.7. The maximum Gasteiger partial charge on any atom is 0.254 e. The smallest absolute Gasteiger partial charge is 0.254 e. The molecule has 0 saturated heterocycles. The third kappa shape index (κ3) is 3.38. The Morgan fingerprint density at radius 3 is 2.10 bits per heavy atom. The van der Waals surface area contributed by atoms with Gasteiger partial charge in [0.15, 0.2) is 0 Å². The molecule has 0 radical (unpaired) electrons. The average molecular weight is 410 g/mol. The molecular formula is C24H24F2N2O2. The number of halogens is 2. The molecule has 0 aromatic heterocycles. The van der Waals surface area contributed by atoms with E-state index in [4.69, 9.17) is 0 Å². The molecule has 2 atom stereocenters. The van der Waals surface area contributed by atoms with Crippen LogP contribution in [0.25, 0.3) is 0 Å². The van der Waals surface area contributed by atoms with Crippen molar-refractivity contribution in [1.29, 1.82) is 0 Å². The van der Waals surface area contributed by atoms with Crippen LogP contribution in [0, 0.1) is 23.5 Å². The van der Waals surface area contributed by atoms with Gasteiger partial charge in [0.2, 0.25) is 0 Å². The number of rotatable bonds is 4. The van der Waals surface area contributed by atoms with E-state index >= 15 is 0 Å². The molecule has 6 heteroatoms. The van der Waals surface area contributed by atoms with Crippen molar-refractivity contribution in [3.63, 3.8) is 0 Å². The van der Waals surface area contributed by atoms with Crippen molar-refractivity contribution < 1.29 is 18.4 Å². The van der Waals surface area contributed by atoms with Gasteiger partial charge in [0, 0.05) is 16.6 Å². The number of carbonyl (C=O) groups excluding carboxylic acids is 2. The zero-order valence-electron chi connectivity index (χ0n) is 16.6. The molecule has 30 heavy (non-hydrogen) atoms. The molecule has 0 aliphatic heterocycles. The predicted octanol–water partition coefficient (Wildman–Crippen LogP) is 4.22. The summed E-state index contributed by atoms with van der Waals surface area (Å²) in [4.78, 5) is 25.7. The van der Waals surface area contributed by atoms with Gasteiger partial charge in [0.05, 0.1) is 5.56 Å². The van der Waals surface area contributed by atoms with E-state index in [0.29, 0.717) is 23.8 Å². The fourth-order valence-electron chi connectivity index (χ4n) is 6.45. The van der Waals surface area contributed by atoms with Crippen molar-refractivity contribution in [2.45, 2.75) is 49.6 Å². The van der Waals surface area contributed by atoms with Gasteiger partial charge >= 0.3 is 0 Å². The van der Waals surface area contributed by atoms with Gasteiger partial charge in [0.25, 0.3) is 11.8 Å². The standard InChI is InChI=1S/C24H24F2N2O2/c25-18-5-3-4-17(9-18)21(29)27-23-10-15-8-16(11-23)13-24(12-15,14-23)28-22(30)19-6-1-2-7-20(19)26/h1-7,9,15-16H,8,10-14H2,(H,27,29)(H,28,30). The fraction of sp³-hybridized carbons (Fsp3) is 0.417. The van der Waals surface area contributed by atoms with Crippen molar-refractivity contribution in [2.24, 2.45) is 11.8 Å². The number of benzene rings is 2. The first-order valence-electron chi connectivity index (χ1n) is 10.5. The molecule has 156 valence electrons. The summed E-state index contributed by atoms with van der Waals surface area (Å²) in [6.07, 6.45) is 5.13. The van der Waals surface area contributed by atoms with E-state index < -0.39 is 28.6 Å². The first-order valence-corrected chi connectivity index (χ1v) is 10.5. The first-order chi connectivity index (χ1) is 14.4. The SMILES string of the molecule is O=C(NC12CC3CC(C1)CC(NC(=O)c1ccccc1F)(C3)C2)c1cccc(F)c1. The van der Waals surface area contributed by atoms with Gasteiger partial charge in [-0.1, -0.05) is 18.2 Å². The second-order valence-corrected chi connectivity index (χ2v) is 9.42. The Labute approximate surface area is 174 Å². The third-order valence-electron chi connectivity index (χ3n) is 7.02. The van der Waals surface area contributed by atoms with Crippen LogP contribution in [0.4, 0.5) is 8.78 Å². The maximum atomic E-state index is 14.1. The Balaban J connectivity index is 1.39. The summed E-state index contributed by atoms with van der Waals surface area (Å²) >= 11 is 0. The zero-order chi connectivity index (χ0) is 20.9. The predicted molar refractivity (Wildman–Crippen MR) is 108 cm³/mol. The van der Waals surface area contributed by atoms with Gasteiger partial charge in [-0.25, -0.2) is 8.78 Å². The van der Waals surface area contributed by atoms with Crippen molar-refractivity contribution in [3.05, 3.63) is 71.3 Å². The van der Waals surface area contributed by atoms with Gasteiger partial charge in [0.1, 0.15) is 11.6 Å². The first kappa shape index (κ1) is 19.2. The Morgan fingerprint density at radius 1 is 0.833 bits per heavy atom. The molecule has 0 spiro atoms. The Hall–Kier alpha value is -2.76. The van der Waals surface area contributed by atoms with Gasteiger partial charge in [-0.3, -0.25) is 9.59 Å². The number of nitrogens with one attached hydrogen (secondary N) is 2. The van der Waals surface area contributed by atoms with Gasteiger partial charge in [-0.2, -0.15) is 0 Å². The van der Waals surface area contributed by atoms with Crippen LogP contribution in [-0.2, 0) is 0 Å². The minimum atomic E-state index is -0.533. The lowest BCUT2D eigenvalue weighted by atomic mass is 9.49. The highest BCUT2D eigenvalue weighted by atomic mass is 19.1. The largest absolute Gasteiger partial charge is 0.346 e. The zero-order valence-corrected chi connectivity index (χ0v) is 16.6. The van der Waals surface area contributed by atoms with Crippen LogP contribution in [0.2, 0.25) is 0 Å². The molecule has 0 heterocycles. The molecule has 4 bridgehead atoms. The maximum absolute atomic E-state index is 14.1. The van der Waals surface area contributed by atoms with Crippen LogP contribution in [0.5, 0.6) is 0 Å². The van der Waals surface area contributed by atoms with Crippen molar-refractivity contribution in [1.82, 2.24) is 10.6 Å². The fourth-order valence-corrected chi connectivity index (χ4v) is 6.45. The quantitative estimate of drug-likeness (QED) is 0.793. The highest BCUT2D eigenvalue weighted by Crippen LogP contribution is 2.57. The molecule has 2 aromatic rings. The summed E-state index contributed by atoms with van der Waals surface area (Å²) in [5.74, 6) is -0.857. The minimum Gasteiger partial charge on any atom is -0.346 e. The molecule has 4 fully saturated rings. The molecule has 6 rings (SSSR count). The van der Waals surface area contributed by atoms with E-state index in [0.717, 1.165) is 32.1 Å². The summed E-state index contributed by atoms with van der Waals surface area (Å²) in [5.41, 5.74) is -0.518. The van der Waals surface area contributed by atoms with Gasteiger partial charge < -0.3 is 10.6 Å². The van der Waals surface area contributed by atoms with Crippen LogP contribution in [0.3, 0.4) is 0 Å². The number of carbonyl (C=O) groups is 2. The monoisotopic (exact) mass is 410 g/mol. The molecule has 2 aromatic carbocycles. The van der Waals surface area contributed by atoms with Gasteiger partial charge in [-0.05, 0) is 80.7 Å². The Bertz CT molecular complexity index is 1010. The molecule has 4 aliphatic rings. The normalized spacial score (nSPS) is 31.4. The Morgan fingerprint density at radius 2 is 1.47 bits per heavy atom. The van der Waals surface area contributed by atoms with E-state index in [-0.39, 0.29) is 11.5 Å². The average Bonchev–Trinajstić information content (AvgIpc) is 2.66. The summed E-state index contributed by atoms with van der Waals surface area (Å²) in [6, 6.07) is 11.7. The van der Waals surface area contributed by atoms with E-state index in [1.807, 2.05) is 0 Å². The summed E-state index contributed by atoms with van der Waals surface area (Å²) in [6.45, 7) is 0. The molecular weight excluding hydrogens is 386 g/mol. The molecule has 4 saturated carbocycles. The van der Waals surface area contributed by atoms with Crippen molar-refractivity contribution >= 4 is 11.8 Å². The number of hydrogen-bond acceptors (Lipinski definition) is 2. The van der Waals surface area contributed by atoms with Gasteiger partial charge in [-0.15, -0.1) is 0 Å². The van der Waals surface area contributed by atoms with Crippen LogP contribution in [-0.4, -0.2) is 22.9 Å². The molecule has 2 amide bonds. The lowest BCUT2D eigenvalue weighted by Crippen LogP contribution is -2.69. The highest BCUT2D eigenvalue weighted by molar-refractivity contribution is 5.95. The Kier molecular flexibility index (Phi) is 4.42. The molecule has 4 aliphatic carbocycles. The highest BCUT2D eigenvalue weighted by Gasteiger charge is 2.58. The summed E-state index contributed by atoms with van der Waals surface area (Å²) in [7, 11) is 0. The van der Waals surface area contributed by atoms with E-state index in [2.05, 4.69) is 10.6 Å². The van der Waals surface area contributed by atoms with Crippen LogP contribution < -0.4 is 10.6 Å². The van der Waals surface area contributed by atoms with Crippen molar-refractivity contribution in [2.75, 3.05) is 0 Å². The number of hydrogen-bond donors (Lipinski definition) is 2. The lowest BCUT2D eigenvalue weighted by Gasteiger charge is -2.62. The van der Waals surface area contributed by atoms with Crippen LogP contribution in [0.15, 0.2) is 48.5 Å². The van der Waals surface area contributed by atoms with E-state index in [1.54, 1.807) is 18.2 Å². The van der Waals surface area contributed by atoms with Crippen LogP contribution in [0.1, 0.15) is 59.2 Å². The van der Waals surface area contributed by atoms with E-state index in [1.165, 1.54) is 30.3 Å². The van der Waals surface area contributed by atoms with Crippen LogP contribution >= 0.6 is 0 Å². The third-order valence-corrected chi connectivity index (χ3v) is 7.02. The second-order valence-electron chi connectivity index (χ2n) is 9.42. The van der Waals surface area contributed by atoms with Crippen molar-refractivity contribution in [3.8, 4) is 0 Å².